The second kappa shape index (κ2) is 10.2. The highest BCUT2D eigenvalue weighted by molar-refractivity contribution is 9.10. The Kier molecular flexibility index (Phi) is 8.92. The van der Waals surface area contributed by atoms with Crippen molar-refractivity contribution in [1.82, 2.24) is 5.32 Å². The van der Waals surface area contributed by atoms with Gasteiger partial charge in [0.05, 0.1) is 12.3 Å². The zero-order valence-corrected chi connectivity index (χ0v) is 15.1. The lowest BCUT2D eigenvalue weighted by molar-refractivity contribution is 0.191. The van der Waals surface area contributed by atoms with Gasteiger partial charge in [0.1, 0.15) is 0 Å². The van der Waals surface area contributed by atoms with E-state index < -0.39 is 0 Å². The van der Waals surface area contributed by atoms with Crippen LogP contribution in [0.25, 0.3) is 0 Å². The van der Waals surface area contributed by atoms with Crippen LogP contribution in [-0.4, -0.2) is 47.6 Å². The Morgan fingerprint density at radius 3 is 2.48 bits per heavy atom. The molecule has 0 aromatic heterocycles. The van der Waals surface area contributed by atoms with Crippen LogP contribution in [0.1, 0.15) is 24.9 Å². The highest BCUT2D eigenvalue weighted by Gasteiger charge is 2.12. The molecule has 1 atom stereocenters. The van der Waals surface area contributed by atoms with E-state index in [1.54, 1.807) is 14.2 Å². The van der Waals surface area contributed by atoms with E-state index in [0.717, 1.165) is 30.6 Å². The molecular formula is C16H27BrN2O2. The van der Waals surface area contributed by atoms with Crippen molar-refractivity contribution < 1.29 is 9.47 Å². The van der Waals surface area contributed by atoms with Crippen molar-refractivity contribution >= 4 is 21.6 Å². The molecule has 0 spiro atoms. The first-order chi connectivity index (χ1) is 10.1. The second-order valence-corrected chi connectivity index (χ2v) is 5.90. The molecular weight excluding hydrogens is 332 g/mol. The van der Waals surface area contributed by atoms with Crippen LogP contribution in [0.2, 0.25) is 0 Å². The predicted octanol–water partition coefficient (Wildman–Crippen LogP) is 3.22. The molecule has 0 aliphatic heterocycles. The third-order valence-electron chi connectivity index (χ3n) is 3.59. The van der Waals surface area contributed by atoms with Gasteiger partial charge in [-0.05, 0) is 54.0 Å². The standard InChI is InChI=1S/C16H27BrN2O2/c1-13(18-2)14-6-7-16(15(17)12-14)19(9-11-21-4)8-5-10-20-3/h6-7,12-13,18H,5,8-11H2,1-4H3. The Balaban J connectivity index is 2.84. The van der Waals surface area contributed by atoms with Gasteiger partial charge in [0.25, 0.3) is 0 Å². The molecule has 0 fully saturated rings. The minimum absolute atomic E-state index is 0.344. The van der Waals surface area contributed by atoms with Crippen molar-refractivity contribution in [3.05, 3.63) is 28.2 Å². The number of benzene rings is 1. The molecule has 1 aromatic carbocycles. The molecule has 0 saturated carbocycles. The number of anilines is 1. The van der Waals surface area contributed by atoms with Crippen molar-refractivity contribution in [3.63, 3.8) is 0 Å². The van der Waals surface area contributed by atoms with Gasteiger partial charge in [0.15, 0.2) is 0 Å². The summed E-state index contributed by atoms with van der Waals surface area (Å²) in [7, 11) is 5.45. The third-order valence-corrected chi connectivity index (χ3v) is 4.22. The first kappa shape index (κ1) is 18.4. The fourth-order valence-corrected chi connectivity index (χ4v) is 2.82. The normalized spacial score (nSPS) is 12.4. The van der Waals surface area contributed by atoms with Crippen LogP contribution in [0, 0.1) is 0 Å². The molecule has 120 valence electrons. The first-order valence-corrected chi connectivity index (χ1v) is 8.12. The fraction of sp³-hybridized carbons (Fsp3) is 0.625. The summed E-state index contributed by atoms with van der Waals surface area (Å²) < 4.78 is 11.5. The molecule has 0 bridgehead atoms. The number of hydrogen-bond acceptors (Lipinski definition) is 4. The van der Waals surface area contributed by atoms with Crippen LogP contribution in [0.5, 0.6) is 0 Å². The summed E-state index contributed by atoms with van der Waals surface area (Å²) in [6, 6.07) is 6.89. The van der Waals surface area contributed by atoms with Gasteiger partial charge in [-0.1, -0.05) is 6.07 Å². The molecule has 0 aliphatic carbocycles. The highest BCUT2D eigenvalue weighted by Crippen LogP contribution is 2.29. The van der Waals surface area contributed by atoms with Crippen molar-refractivity contribution in [1.29, 1.82) is 0 Å². The third kappa shape index (κ3) is 5.94. The maximum absolute atomic E-state index is 5.22. The Hall–Kier alpha value is -0.620. The number of halogens is 1. The van der Waals surface area contributed by atoms with E-state index in [2.05, 4.69) is 51.3 Å². The minimum atomic E-state index is 0.344. The number of nitrogens with one attached hydrogen (secondary N) is 1. The van der Waals surface area contributed by atoms with E-state index in [9.17, 15) is 0 Å². The summed E-state index contributed by atoms with van der Waals surface area (Å²) in [6.45, 7) is 5.48. The van der Waals surface area contributed by atoms with Gasteiger partial charge in [0.2, 0.25) is 0 Å². The van der Waals surface area contributed by atoms with E-state index in [4.69, 9.17) is 9.47 Å². The van der Waals surface area contributed by atoms with Crippen molar-refractivity contribution in [3.8, 4) is 0 Å². The quantitative estimate of drug-likeness (QED) is 0.651. The summed E-state index contributed by atoms with van der Waals surface area (Å²) >= 11 is 3.70. The van der Waals surface area contributed by atoms with Crippen LogP contribution < -0.4 is 10.2 Å². The molecule has 1 N–H and O–H groups in total. The minimum Gasteiger partial charge on any atom is -0.385 e. The molecule has 0 heterocycles. The van der Waals surface area contributed by atoms with Gasteiger partial charge in [0, 0.05) is 44.4 Å². The van der Waals surface area contributed by atoms with Gasteiger partial charge in [-0.15, -0.1) is 0 Å². The van der Waals surface area contributed by atoms with Gasteiger partial charge in [-0.3, -0.25) is 0 Å². The predicted molar refractivity (Wildman–Crippen MR) is 92.2 cm³/mol. The topological polar surface area (TPSA) is 33.7 Å². The zero-order chi connectivity index (χ0) is 15.7. The second-order valence-electron chi connectivity index (χ2n) is 5.05. The smallest absolute Gasteiger partial charge is 0.0637 e. The van der Waals surface area contributed by atoms with E-state index in [1.807, 2.05) is 7.05 Å². The Labute approximate surface area is 136 Å². The molecule has 0 amide bonds. The number of rotatable bonds is 10. The van der Waals surface area contributed by atoms with Crippen molar-refractivity contribution in [2.75, 3.05) is 52.5 Å². The number of nitrogens with zero attached hydrogens (tertiary/aromatic N) is 1. The summed E-state index contributed by atoms with van der Waals surface area (Å²) in [5.74, 6) is 0. The van der Waals surface area contributed by atoms with Crippen molar-refractivity contribution in [2.24, 2.45) is 0 Å². The van der Waals surface area contributed by atoms with E-state index in [1.165, 1.54) is 11.3 Å². The Bertz CT molecular complexity index is 415. The lowest BCUT2D eigenvalue weighted by Gasteiger charge is -2.26. The lowest BCUT2D eigenvalue weighted by Crippen LogP contribution is -2.29. The average molecular weight is 359 g/mol. The maximum atomic E-state index is 5.22. The molecule has 0 radical (unpaired) electrons. The number of hydrogen-bond donors (Lipinski definition) is 1. The van der Waals surface area contributed by atoms with Crippen LogP contribution in [-0.2, 0) is 9.47 Å². The molecule has 1 rings (SSSR count). The molecule has 0 aliphatic rings. The molecule has 21 heavy (non-hydrogen) atoms. The van der Waals surface area contributed by atoms with Crippen LogP contribution in [0.4, 0.5) is 5.69 Å². The van der Waals surface area contributed by atoms with Crippen LogP contribution in [0.3, 0.4) is 0 Å². The molecule has 1 unspecified atom stereocenters. The molecule has 0 saturated heterocycles. The van der Waals surface area contributed by atoms with Crippen LogP contribution >= 0.6 is 15.9 Å². The van der Waals surface area contributed by atoms with Crippen LogP contribution in [0.15, 0.2) is 22.7 Å². The first-order valence-electron chi connectivity index (χ1n) is 7.33. The summed E-state index contributed by atoms with van der Waals surface area (Å²) in [4.78, 5) is 2.33. The number of ether oxygens (including phenoxy) is 2. The fourth-order valence-electron chi connectivity index (χ4n) is 2.17. The van der Waals surface area contributed by atoms with Gasteiger partial charge >= 0.3 is 0 Å². The van der Waals surface area contributed by atoms with Gasteiger partial charge in [-0.2, -0.15) is 0 Å². The Morgan fingerprint density at radius 2 is 1.90 bits per heavy atom. The van der Waals surface area contributed by atoms with Gasteiger partial charge in [-0.25, -0.2) is 0 Å². The van der Waals surface area contributed by atoms with E-state index >= 15 is 0 Å². The summed E-state index contributed by atoms with van der Waals surface area (Å²) in [5.41, 5.74) is 2.48. The molecule has 5 heteroatoms. The van der Waals surface area contributed by atoms with Crippen molar-refractivity contribution in [2.45, 2.75) is 19.4 Å². The lowest BCUT2D eigenvalue weighted by atomic mass is 10.1. The number of methoxy groups -OCH3 is 2. The van der Waals surface area contributed by atoms with E-state index in [0.29, 0.717) is 12.6 Å². The SMILES string of the molecule is CNC(C)c1ccc(N(CCCOC)CCOC)c(Br)c1. The van der Waals surface area contributed by atoms with Gasteiger partial charge < -0.3 is 19.7 Å². The largest absolute Gasteiger partial charge is 0.385 e. The van der Waals surface area contributed by atoms with E-state index in [-0.39, 0.29) is 0 Å². The zero-order valence-electron chi connectivity index (χ0n) is 13.5. The molecule has 4 nitrogen and oxygen atoms in total. The highest BCUT2D eigenvalue weighted by atomic mass is 79.9. The Morgan fingerprint density at radius 1 is 1.19 bits per heavy atom. The maximum Gasteiger partial charge on any atom is 0.0637 e. The summed E-state index contributed by atoms with van der Waals surface area (Å²) in [5, 5.41) is 3.26. The summed E-state index contributed by atoms with van der Waals surface area (Å²) in [6.07, 6.45) is 1.00. The monoisotopic (exact) mass is 358 g/mol. The average Bonchev–Trinajstić information content (AvgIpc) is 2.50. The molecule has 1 aromatic rings.